The van der Waals surface area contributed by atoms with Gasteiger partial charge in [-0.05, 0) is 30.2 Å². The Hall–Kier alpha value is -1.89. The molecule has 106 valence electrons. The second kappa shape index (κ2) is 7.21. The number of benzene rings is 1. The summed E-state index contributed by atoms with van der Waals surface area (Å²) < 4.78 is 0. The van der Waals surface area contributed by atoms with Crippen LogP contribution in [0.4, 0.5) is 0 Å². The van der Waals surface area contributed by atoms with E-state index in [2.05, 4.69) is 4.98 Å². The number of nitrogens with zero attached hydrogens (tertiary/aromatic N) is 2. The van der Waals surface area contributed by atoms with Gasteiger partial charge in [0.2, 0.25) is 0 Å². The summed E-state index contributed by atoms with van der Waals surface area (Å²) in [6, 6.07) is 12.5. The summed E-state index contributed by atoms with van der Waals surface area (Å²) in [6.07, 6.45) is 2.24. The van der Waals surface area contributed by atoms with Gasteiger partial charge in [0.05, 0.1) is 21.8 Å². The highest BCUT2D eigenvalue weighted by atomic mass is 35.5. The molecule has 21 heavy (non-hydrogen) atoms. The molecule has 0 aliphatic rings. The SMILES string of the molecule is N#C[C@H](C(=O)CCc1cccc(Cl)c1Cl)c1ccccn1. The van der Waals surface area contributed by atoms with Gasteiger partial charge in [0.15, 0.2) is 5.78 Å². The normalized spacial score (nSPS) is 11.7. The molecule has 0 aliphatic carbocycles. The van der Waals surface area contributed by atoms with E-state index in [-0.39, 0.29) is 12.2 Å². The van der Waals surface area contributed by atoms with Crippen LogP contribution >= 0.6 is 23.2 Å². The summed E-state index contributed by atoms with van der Waals surface area (Å²) in [5, 5.41) is 10.1. The van der Waals surface area contributed by atoms with E-state index in [9.17, 15) is 10.1 Å². The molecule has 1 aromatic carbocycles. The van der Waals surface area contributed by atoms with Crippen LogP contribution in [-0.2, 0) is 11.2 Å². The summed E-state index contributed by atoms with van der Waals surface area (Å²) in [6.45, 7) is 0. The summed E-state index contributed by atoms with van der Waals surface area (Å²) in [7, 11) is 0. The molecule has 0 radical (unpaired) electrons. The number of carbonyl (C=O) groups is 1. The van der Waals surface area contributed by atoms with E-state index in [1.807, 2.05) is 12.1 Å². The number of carbonyl (C=O) groups excluding carboxylic acids is 1. The van der Waals surface area contributed by atoms with Gasteiger partial charge < -0.3 is 0 Å². The van der Waals surface area contributed by atoms with Crippen molar-refractivity contribution in [2.75, 3.05) is 0 Å². The molecule has 1 atom stereocenters. The van der Waals surface area contributed by atoms with Crippen molar-refractivity contribution < 1.29 is 4.79 Å². The summed E-state index contributed by atoms with van der Waals surface area (Å²) in [4.78, 5) is 16.3. The zero-order valence-corrected chi connectivity index (χ0v) is 12.6. The van der Waals surface area contributed by atoms with Crippen LogP contribution in [-0.4, -0.2) is 10.8 Å². The lowest BCUT2D eigenvalue weighted by molar-refractivity contribution is -0.119. The number of hydrogen-bond acceptors (Lipinski definition) is 3. The molecular weight excluding hydrogens is 307 g/mol. The average molecular weight is 319 g/mol. The minimum Gasteiger partial charge on any atom is -0.298 e. The van der Waals surface area contributed by atoms with Crippen LogP contribution in [0.25, 0.3) is 0 Å². The van der Waals surface area contributed by atoms with Gasteiger partial charge in [-0.3, -0.25) is 9.78 Å². The van der Waals surface area contributed by atoms with Crippen molar-refractivity contribution in [3.05, 3.63) is 63.9 Å². The van der Waals surface area contributed by atoms with Crippen LogP contribution in [0, 0.1) is 11.3 Å². The maximum absolute atomic E-state index is 12.2. The molecule has 0 unspecified atom stereocenters. The van der Waals surface area contributed by atoms with Gasteiger partial charge in [-0.1, -0.05) is 41.4 Å². The third-order valence-corrected chi connectivity index (χ3v) is 3.96. The number of pyridine rings is 1. The Bertz CT molecular complexity index is 680. The van der Waals surface area contributed by atoms with Crippen LogP contribution in [0.2, 0.25) is 10.0 Å². The van der Waals surface area contributed by atoms with Gasteiger partial charge in [-0.2, -0.15) is 5.26 Å². The molecule has 0 bridgehead atoms. The van der Waals surface area contributed by atoms with E-state index in [1.54, 1.807) is 36.5 Å². The third-order valence-electron chi connectivity index (χ3n) is 3.11. The number of aryl methyl sites for hydroxylation is 1. The third kappa shape index (κ3) is 3.81. The number of rotatable bonds is 5. The van der Waals surface area contributed by atoms with Gasteiger partial charge in [0.25, 0.3) is 0 Å². The van der Waals surface area contributed by atoms with Crippen molar-refractivity contribution in [2.45, 2.75) is 18.8 Å². The van der Waals surface area contributed by atoms with Crippen molar-refractivity contribution in [1.82, 2.24) is 4.98 Å². The lowest BCUT2D eigenvalue weighted by Gasteiger charge is -2.09. The molecule has 0 amide bonds. The van der Waals surface area contributed by atoms with Crippen molar-refractivity contribution in [3.63, 3.8) is 0 Å². The summed E-state index contributed by atoms with van der Waals surface area (Å²) in [5.41, 5.74) is 1.28. The fourth-order valence-electron chi connectivity index (χ4n) is 1.99. The van der Waals surface area contributed by atoms with Crippen molar-refractivity contribution in [2.24, 2.45) is 0 Å². The topological polar surface area (TPSA) is 53.8 Å². The Morgan fingerprint density at radius 3 is 2.71 bits per heavy atom. The number of nitriles is 1. The summed E-state index contributed by atoms with van der Waals surface area (Å²) >= 11 is 12.0. The largest absolute Gasteiger partial charge is 0.298 e. The van der Waals surface area contributed by atoms with Gasteiger partial charge in [0, 0.05) is 12.6 Å². The molecule has 0 N–H and O–H groups in total. The van der Waals surface area contributed by atoms with E-state index < -0.39 is 5.92 Å². The Balaban J connectivity index is 2.08. The Morgan fingerprint density at radius 2 is 2.05 bits per heavy atom. The van der Waals surface area contributed by atoms with E-state index in [4.69, 9.17) is 23.2 Å². The molecule has 1 heterocycles. The zero-order chi connectivity index (χ0) is 15.2. The fraction of sp³-hybridized carbons (Fsp3) is 0.188. The molecule has 0 saturated carbocycles. The number of aromatic nitrogens is 1. The molecule has 0 saturated heterocycles. The van der Waals surface area contributed by atoms with Crippen LogP contribution in [0.5, 0.6) is 0 Å². The van der Waals surface area contributed by atoms with Crippen molar-refractivity contribution >= 4 is 29.0 Å². The standard InChI is InChI=1S/C16H12Cl2N2O/c17-13-5-3-4-11(16(13)18)7-8-15(21)12(10-19)14-6-1-2-9-20-14/h1-6,9,12H,7-8H2/t12-/m0/s1. The Labute approximate surface area is 133 Å². The molecule has 2 rings (SSSR count). The lowest BCUT2D eigenvalue weighted by Crippen LogP contribution is -2.13. The highest BCUT2D eigenvalue weighted by Crippen LogP contribution is 2.27. The van der Waals surface area contributed by atoms with Gasteiger partial charge in [-0.15, -0.1) is 0 Å². The second-order valence-electron chi connectivity index (χ2n) is 4.50. The minimum absolute atomic E-state index is 0.174. The van der Waals surface area contributed by atoms with E-state index in [0.29, 0.717) is 22.2 Å². The lowest BCUT2D eigenvalue weighted by atomic mass is 9.96. The van der Waals surface area contributed by atoms with Gasteiger partial charge >= 0.3 is 0 Å². The summed E-state index contributed by atoms with van der Waals surface area (Å²) in [5.74, 6) is -1.02. The molecule has 2 aromatic rings. The molecule has 1 aromatic heterocycles. The first-order valence-electron chi connectivity index (χ1n) is 6.39. The van der Waals surface area contributed by atoms with Gasteiger partial charge in [-0.25, -0.2) is 0 Å². The highest BCUT2D eigenvalue weighted by Gasteiger charge is 2.21. The van der Waals surface area contributed by atoms with E-state index >= 15 is 0 Å². The second-order valence-corrected chi connectivity index (χ2v) is 5.28. The predicted molar refractivity (Wildman–Crippen MR) is 82.4 cm³/mol. The number of hydrogen-bond donors (Lipinski definition) is 0. The first-order valence-corrected chi connectivity index (χ1v) is 7.15. The van der Waals surface area contributed by atoms with Crippen LogP contribution in [0.3, 0.4) is 0 Å². The maximum Gasteiger partial charge on any atom is 0.156 e. The highest BCUT2D eigenvalue weighted by molar-refractivity contribution is 6.42. The molecule has 5 heteroatoms. The zero-order valence-electron chi connectivity index (χ0n) is 11.1. The quantitative estimate of drug-likeness (QED) is 0.830. The smallest absolute Gasteiger partial charge is 0.156 e. The van der Waals surface area contributed by atoms with Crippen LogP contribution in [0.15, 0.2) is 42.6 Å². The maximum atomic E-state index is 12.2. The molecule has 3 nitrogen and oxygen atoms in total. The minimum atomic E-state index is -0.843. The van der Waals surface area contributed by atoms with Crippen LogP contribution in [0.1, 0.15) is 23.6 Å². The Kier molecular flexibility index (Phi) is 5.32. The predicted octanol–water partition coefficient (Wildman–Crippen LogP) is 4.20. The van der Waals surface area contributed by atoms with Gasteiger partial charge in [0.1, 0.15) is 5.92 Å². The van der Waals surface area contributed by atoms with E-state index in [0.717, 1.165) is 5.56 Å². The monoisotopic (exact) mass is 318 g/mol. The number of ketones is 1. The van der Waals surface area contributed by atoms with Crippen molar-refractivity contribution in [3.8, 4) is 6.07 Å². The molecule has 0 aliphatic heterocycles. The van der Waals surface area contributed by atoms with E-state index in [1.165, 1.54) is 0 Å². The number of Topliss-reactive ketones (excluding diaryl/α,β-unsaturated/α-hetero) is 1. The number of halogens is 2. The van der Waals surface area contributed by atoms with Crippen molar-refractivity contribution in [1.29, 1.82) is 5.26 Å². The molecule has 0 fully saturated rings. The van der Waals surface area contributed by atoms with Crippen LogP contribution < -0.4 is 0 Å². The first-order chi connectivity index (χ1) is 10.1. The Morgan fingerprint density at radius 1 is 1.24 bits per heavy atom. The first kappa shape index (κ1) is 15.5. The fourth-order valence-corrected chi connectivity index (χ4v) is 2.41. The molecular formula is C16H12Cl2N2O. The molecule has 0 spiro atoms. The average Bonchev–Trinajstić information content (AvgIpc) is 2.50.